The highest BCUT2D eigenvalue weighted by molar-refractivity contribution is 5.92. The molecule has 0 saturated carbocycles. The van der Waals surface area contributed by atoms with Crippen LogP contribution in [0.3, 0.4) is 0 Å². The van der Waals surface area contributed by atoms with Gasteiger partial charge >= 0.3 is 11.7 Å². The predicted octanol–water partition coefficient (Wildman–Crippen LogP) is 4.28. The van der Waals surface area contributed by atoms with Crippen LogP contribution in [0, 0.1) is 6.92 Å². The Balaban J connectivity index is 1.51. The van der Waals surface area contributed by atoms with Crippen molar-refractivity contribution in [1.82, 2.24) is 34.7 Å². The van der Waals surface area contributed by atoms with E-state index in [0.29, 0.717) is 29.2 Å². The average molecular weight is 510 g/mol. The number of carboxylic acid groups (broad SMARTS) is 1. The maximum Gasteiger partial charge on any atom is 0.337 e. The third kappa shape index (κ3) is 4.75. The SMILES string of the molecule is CCCCc1cn(-c2c(C)cccc2C(=O)O)c(=O)n1Cc1ccc(-c2ccccc2-c2nn[nH]n2)cn1. The summed E-state index contributed by atoms with van der Waals surface area (Å²) >= 11 is 0. The van der Waals surface area contributed by atoms with Crippen LogP contribution >= 0.6 is 0 Å². The fourth-order valence-corrected chi connectivity index (χ4v) is 4.61. The molecule has 0 atom stereocenters. The first-order valence-electron chi connectivity index (χ1n) is 12.4. The Morgan fingerprint density at radius 1 is 1.05 bits per heavy atom. The number of aromatic amines is 1. The molecule has 5 aromatic rings. The van der Waals surface area contributed by atoms with Crippen LogP contribution in [0.15, 0.2) is 71.8 Å². The lowest BCUT2D eigenvalue weighted by Gasteiger charge is -2.10. The van der Waals surface area contributed by atoms with Gasteiger partial charge in [0.25, 0.3) is 0 Å². The number of carboxylic acids is 1. The van der Waals surface area contributed by atoms with E-state index >= 15 is 0 Å². The van der Waals surface area contributed by atoms with E-state index in [2.05, 4.69) is 32.5 Å². The molecule has 10 heteroatoms. The third-order valence-corrected chi connectivity index (χ3v) is 6.53. The molecule has 0 radical (unpaired) electrons. The molecule has 38 heavy (non-hydrogen) atoms. The number of H-pyrrole nitrogens is 1. The van der Waals surface area contributed by atoms with E-state index < -0.39 is 5.97 Å². The van der Waals surface area contributed by atoms with Crippen LogP contribution in [0.4, 0.5) is 0 Å². The summed E-state index contributed by atoms with van der Waals surface area (Å²) in [6.07, 6.45) is 6.11. The minimum Gasteiger partial charge on any atom is -0.478 e. The van der Waals surface area contributed by atoms with Gasteiger partial charge in [-0.15, -0.1) is 10.2 Å². The summed E-state index contributed by atoms with van der Waals surface area (Å²) in [5.74, 6) is -0.577. The van der Waals surface area contributed by atoms with Crippen molar-refractivity contribution >= 4 is 5.97 Å². The number of hydrogen-bond donors (Lipinski definition) is 2. The molecule has 2 N–H and O–H groups in total. The van der Waals surface area contributed by atoms with E-state index in [1.165, 1.54) is 10.6 Å². The number of nitrogens with one attached hydrogen (secondary N) is 1. The minimum atomic E-state index is -1.07. The summed E-state index contributed by atoms with van der Waals surface area (Å²) in [6.45, 7) is 4.17. The summed E-state index contributed by atoms with van der Waals surface area (Å²) in [7, 11) is 0. The molecule has 0 aliphatic carbocycles. The summed E-state index contributed by atoms with van der Waals surface area (Å²) in [4.78, 5) is 30.2. The summed E-state index contributed by atoms with van der Waals surface area (Å²) in [5, 5.41) is 24.1. The fourth-order valence-electron chi connectivity index (χ4n) is 4.61. The first kappa shape index (κ1) is 24.8. The van der Waals surface area contributed by atoms with Crippen molar-refractivity contribution in [3.05, 3.63) is 100.0 Å². The van der Waals surface area contributed by atoms with Crippen molar-refractivity contribution in [3.8, 4) is 28.2 Å². The van der Waals surface area contributed by atoms with Gasteiger partial charge in [-0.1, -0.05) is 55.8 Å². The van der Waals surface area contributed by atoms with Gasteiger partial charge in [0.05, 0.1) is 23.5 Å². The van der Waals surface area contributed by atoms with Gasteiger partial charge in [-0.2, -0.15) is 5.21 Å². The number of para-hydroxylation sites is 1. The van der Waals surface area contributed by atoms with Crippen LogP contribution < -0.4 is 5.69 Å². The molecule has 0 aliphatic rings. The van der Waals surface area contributed by atoms with Gasteiger partial charge in [0.1, 0.15) is 0 Å². The monoisotopic (exact) mass is 509 g/mol. The Labute approximate surface area is 218 Å². The number of aromatic nitrogens is 7. The number of rotatable bonds is 9. The largest absolute Gasteiger partial charge is 0.478 e. The van der Waals surface area contributed by atoms with Crippen LogP contribution in [-0.4, -0.2) is 45.8 Å². The normalized spacial score (nSPS) is 11.1. The molecule has 0 unspecified atom stereocenters. The Bertz CT molecular complexity index is 1630. The van der Waals surface area contributed by atoms with Gasteiger partial charge < -0.3 is 5.11 Å². The highest BCUT2D eigenvalue weighted by Gasteiger charge is 2.20. The molecule has 0 bridgehead atoms. The van der Waals surface area contributed by atoms with Crippen LogP contribution in [0.2, 0.25) is 0 Å². The molecule has 3 aromatic heterocycles. The lowest BCUT2D eigenvalue weighted by Crippen LogP contribution is -2.26. The predicted molar refractivity (Wildman–Crippen MR) is 142 cm³/mol. The summed E-state index contributed by atoms with van der Waals surface area (Å²) in [6, 6.07) is 16.6. The van der Waals surface area contributed by atoms with Crippen molar-refractivity contribution in [3.63, 3.8) is 0 Å². The number of unbranched alkanes of at least 4 members (excludes halogenated alkanes) is 1. The average Bonchev–Trinajstić information content (AvgIpc) is 3.57. The summed E-state index contributed by atoms with van der Waals surface area (Å²) in [5.41, 5.74) is 5.10. The second-order valence-electron chi connectivity index (χ2n) is 9.06. The molecule has 192 valence electrons. The zero-order valence-corrected chi connectivity index (χ0v) is 21.1. The standard InChI is InChI=1S/C28H27N7O3/c1-3-4-9-21-17-35(25-18(2)8-7-12-24(25)27(36)37)28(38)34(21)16-20-14-13-19(15-29-20)22-10-5-6-11-23(22)26-30-32-33-31-26/h5-8,10-15,17H,3-4,9,16H2,1-2H3,(H,36,37)(H,30,31,32,33). The lowest BCUT2D eigenvalue weighted by atomic mass is 10.0. The van der Waals surface area contributed by atoms with Crippen LogP contribution in [-0.2, 0) is 13.0 Å². The maximum absolute atomic E-state index is 13.6. The second kappa shape index (κ2) is 10.6. The van der Waals surface area contributed by atoms with Gasteiger partial charge in [0, 0.05) is 29.2 Å². The highest BCUT2D eigenvalue weighted by atomic mass is 16.4. The fraction of sp³-hybridized carbons (Fsp3) is 0.214. The van der Waals surface area contributed by atoms with Gasteiger partial charge in [-0.25, -0.2) is 9.59 Å². The molecular formula is C28H27N7O3. The lowest BCUT2D eigenvalue weighted by molar-refractivity contribution is 0.0696. The van der Waals surface area contributed by atoms with Crippen LogP contribution in [0.1, 0.15) is 47.1 Å². The molecular weight excluding hydrogens is 482 g/mol. The number of hydrogen-bond acceptors (Lipinski definition) is 6. The smallest absolute Gasteiger partial charge is 0.337 e. The van der Waals surface area contributed by atoms with Crippen molar-refractivity contribution < 1.29 is 9.90 Å². The highest BCUT2D eigenvalue weighted by Crippen LogP contribution is 2.29. The molecule has 0 amide bonds. The molecule has 10 nitrogen and oxygen atoms in total. The minimum absolute atomic E-state index is 0.0917. The van der Waals surface area contributed by atoms with Gasteiger partial charge in [-0.05, 0) is 48.2 Å². The third-order valence-electron chi connectivity index (χ3n) is 6.53. The van der Waals surface area contributed by atoms with Gasteiger partial charge in [-0.3, -0.25) is 14.1 Å². The van der Waals surface area contributed by atoms with Crippen LogP contribution in [0.25, 0.3) is 28.2 Å². The Kier molecular flexibility index (Phi) is 6.94. The number of aryl methyl sites for hydroxylation is 2. The van der Waals surface area contributed by atoms with Gasteiger partial charge in [0.15, 0.2) is 0 Å². The van der Waals surface area contributed by atoms with E-state index in [1.807, 2.05) is 49.4 Å². The topological polar surface area (TPSA) is 132 Å². The number of imidazole rings is 1. The number of pyridine rings is 1. The quantitative estimate of drug-likeness (QED) is 0.303. The Hall–Kier alpha value is -4.86. The van der Waals surface area contributed by atoms with Crippen LogP contribution in [0.5, 0.6) is 0 Å². The van der Waals surface area contributed by atoms with Crippen molar-refractivity contribution in [2.24, 2.45) is 0 Å². The zero-order chi connectivity index (χ0) is 26.6. The second-order valence-corrected chi connectivity index (χ2v) is 9.06. The Morgan fingerprint density at radius 3 is 2.55 bits per heavy atom. The first-order chi connectivity index (χ1) is 18.5. The number of tetrazole rings is 1. The molecule has 3 heterocycles. The molecule has 0 spiro atoms. The van der Waals surface area contributed by atoms with Crippen molar-refractivity contribution in [1.29, 1.82) is 0 Å². The van der Waals surface area contributed by atoms with E-state index in [4.69, 9.17) is 0 Å². The molecule has 0 fully saturated rings. The number of carbonyl (C=O) groups is 1. The van der Waals surface area contributed by atoms with E-state index in [1.54, 1.807) is 23.0 Å². The number of aromatic carboxylic acids is 1. The van der Waals surface area contributed by atoms with Crippen molar-refractivity contribution in [2.75, 3.05) is 0 Å². The zero-order valence-electron chi connectivity index (χ0n) is 21.1. The molecule has 0 aliphatic heterocycles. The number of benzene rings is 2. The molecule has 5 rings (SSSR count). The molecule has 0 saturated heterocycles. The van der Waals surface area contributed by atoms with E-state index in [-0.39, 0.29) is 17.8 Å². The van der Waals surface area contributed by atoms with E-state index in [9.17, 15) is 14.7 Å². The maximum atomic E-state index is 13.6. The van der Waals surface area contributed by atoms with Crippen molar-refractivity contribution in [2.45, 2.75) is 39.7 Å². The molecule has 2 aromatic carbocycles. The van der Waals surface area contributed by atoms with Gasteiger partial charge in [0.2, 0.25) is 5.82 Å². The first-order valence-corrected chi connectivity index (χ1v) is 12.4. The van der Waals surface area contributed by atoms with E-state index in [0.717, 1.165) is 35.2 Å². The Morgan fingerprint density at radius 2 is 1.87 bits per heavy atom. The number of nitrogens with zero attached hydrogens (tertiary/aromatic N) is 6. The summed E-state index contributed by atoms with van der Waals surface area (Å²) < 4.78 is 3.14.